The molecular formula is C13H21N3O. The predicted molar refractivity (Wildman–Crippen MR) is 67.6 cm³/mol. The maximum atomic E-state index is 5.89. The number of ether oxygens (including phenoxy) is 1. The van der Waals surface area contributed by atoms with Crippen molar-refractivity contribution in [3.8, 4) is 0 Å². The normalized spacial score (nSPS) is 20.4. The number of methoxy groups -OCH3 is 1. The Kier molecular flexibility index (Phi) is 4.48. The molecule has 1 atom stereocenters. The lowest BCUT2D eigenvalue weighted by Crippen LogP contribution is -2.41. The molecule has 1 fully saturated rings. The summed E-state index contributed by atoms with van der Waals surface area (Å²) in [5, 5.41) is 0. The van der Waals surface area contributed by atoms with Gasteiger partial charge in [-0.05, 0) is 25.0 Å². The fourth-order valence-electron chi connectivity index (χ4n) is 2.45. The predicted octanol–water partition coefficient (Wildman–Crippen LogP) is 1.19. The van der Waals surface area contributed by atoms with Crippen molar-refractivity contribution >= 4 is 0 Å². The van der Waals surface area contributed by atoms with Crippen LogP contribution in [0.15, 0.2) is 24.4 Å². The van der Waals surface area contributed by atoms with E-state index in [1.54, 1.807) is 7.11 Å². The molecule has 0 radical (unpaired) electrons. The first-order valence-electron chi connectivity index (χ1n) is 6.23. The van der Waals surface area contributed by atoms with Crippen molar-refractivity contribution in [1.29, 1.82) is 0 Å². The van der Waals surface area contributed by atoms with E-state index in [-0.39, 0.29) is 6.04 Å². The SMILES string of the molecule is COC1CCN(C(CN)c2ccccn2)CC1. The summed E-state index contributed by atoms with van der Waals surface area (Å²) in [5.41, 5.74) is 6.96. The first-order valence-corrected chi connectivity index (χ1v) is 6.23. The summed E-state index contributed by atoms with van der Waals surface area (Å²) in [6.45, 7) is 2.70. The van der Waals surface area contributed by atoms with Crippen LogP contribution < -0.4 is 5.73 Å². The van der Waals surface area contributed by atoms with Gasteiger partial charge in [-0.1, -0.05) is 6.07 Å². The van der Waals surface area contributed by atoms with Crippen molar-refractivity contribution in [2.24, 2.45) is 5.73 Å². The Morgan fingerprint density at radius 2 is 2.24 bits per heavy atom. The van der Waals surface area contributed by atoms with E-state index in [1.807, 2.05) is 18.3 Å². The monoisotopic (exact) mass is 235 g/mol. The minimum Gasteiger partial charge on any atom is -0.381 e. The van der Waals surface area contributed by atoms with Gasteiger partial charge < -0.3 is 10.5 Å². The van der Waals surface area contributed by atoms with Gasteiger partial charge in [-0.15, -0.1) is 0 Å². The lowest BCUT2D eigenvalue weighted by Gasteiger charge is -2.36. The van der Waals surface area contributed by atoms with E-state index >= 15 is 0 Å². The average Bonchev–Trinajstić information content (AvgIpc) is 2.42. The van der Waals surface area contributed by atoms with Crippen LogP contribution in [0.25, 0.3) is 0 Å². The van der Waals surface area contributed by atoms with Gasteiger partial charge in [-0.25, -0.2) is 0 Å². The standard InChI is InChI=1S/C13H21N3O/c1-17-11-5-8-16(9-6-11)13(10-14)12-4-2-3-7-15-12/h2-4,7,11,13H,5-6,8-10,14H2,1H3. The Morgan fingerprint density at radius 1 is 1.47 bits per heavy atom. The van der Waals surface area contributed by atoms with E-state index in [4.69, 9.17) is 10.5 Å². The molecule has 0 amide bonds. The maximum absolute atomic E-state index is 5.89. The van der Waals surface area contributed by atoms with Crippen LogP contribution in [-0.2, 0) is 4.74 Å². The molecule has 2 rings (SSSR count). The van der Waals surface area contributed by atoms with E-state index in [1.165, 1.54) is 0 Å². The lowest BCUT2D eigenvalue weighted by atomic mass is 10.0. The highest BCUT2D eigenvalue weighted by molar-refractivity contribution is 5.09. The summed E-state index contributed by atoms with van der Waals surface area (Å²) < 4.78 is 5.39. The highest BCUT2D eigenvalue weighted by atomic mass is 16.5. The molecular weight excluding hydrogens is 214 g/mol. The van der Waals surface area contributed by atoms with Gasteiger partial charge in [0.1, 0.15) is 0 Å². The second-order valence-electron chi connectivity index (χ2n) is 4.48. The van der Waals surface area contributed by atoms with Crippen LogP contribution in [0.4, 0.5) is 0 Å². The zero-order valence-electron chi connectivity index (χ0n) is 10.4. The van der Waals surface area contributed by atoms with Gasteiger partial charge in [0.25, 0.3) is 0 Å². The number of hydrogen-bond acceptors (Lipinski definition) is 4. The Labute approximate surface area is 103 Å². The van der Waals surface area contributed by atoms with E-state index in [9.17, 15) is 0 Å². The average molecular weight is 235 g/mol. The number of nitrogens with zero attached hydrogens (tertiary/aromatic N) is 2. The minimum absolute atomic E-state index is 0.244. The molecule has 17 heavy (non-hydrogen) atoms. The summed E-state index contributed by atoms with van der Waals surface area (Å²) in [6.07, 6.45) is 4.41. The zero-order valence-corrected chi connectivity index (χ0v) is 10.4. The lowest BCUT2D eigenvalue weighted by molar-refractivity contribution is 0.0274. The summed E-state index contributed by atoms with van der Waals surface area (Å²) in [5.74, 6) is 0. The molecule has 94 valence electrons. The van der Waals surface area contributed by atoms with E-state index in [0.717, 1.165) is 31.6 Å². The fraction of sp³-hybridized carbons (Fsp3) is 0.615. The molecule has 1 aliphatic rings. The number of piperidine rings is 1. The van der Waals surface area contributed by atoms with Crippen LogP contribution in [0.1, 0.15) is 24.6 Å². The highest BCUT2D eigenvalue weighted by Gasteiger charge is 2.25. The Morgan fingerprint density at radius 3 is 2.76 bits per heavy atom. The number of aromatic nitrogens is 1. The molecule has 4 nitrogen and oxygen atoms in total. The van der Waals surface area contributed by atoms with Crippen LogP contribution >= 0.6 is 0 Å². The van der Waals surface area contributed by atoms with Crippen LogP contribution in [0, 0.1) is 0 Å². The van der Waals surface area contributed by atoms with Crippen LogP contribution in [0.5, 0.6) is 0 Å². The van der Waals surface area contributed by atoms with Gasteiger partial charge in [-0.3, -0.25) is 9.88 Å². The summed E-state index contributed by atoms with van der Waals surface area (Å²) in [7, 11) is 1.79. The third-order valence-electron chi connectivity index (χ3n) is 3.50. The van der Waals surface area contributed by atoms with E-state index in [2.05, 4.69) is 16.0 Å². The van der Waals surface area contributed by atoms with Crippen molar-refractivity contribution in [3.05, 3.63) is 30.1 Å². The Balaban J connectivity index is 2.00. The fourth-order valence-corrected chi connectivity index (χ4v) is 2.45. The molecule has 0 saturated carbocycles. The third-order valence-corrected chi connectivity index (χ3v) is 3.50. The summed E-state index contributed by atoms with van der Waals surface area (Å²) >= 11 is 0. The molecule has 1 saturated heterocycles. The molecule has 2 N–H and O–H groups in total. The van der Waals surface area contributed by atoms with Crippen molar-refractivity contribution in [3.63, 3.8) is 0 Å². The largest absolute Gasteiger partial charge is 0.381 e. The minimum atomic E-state index is 0.244. The Hall–Kier alpha value is -0.970. The maximum Gasteiger partial charge on any atom is 0.0644 e. The van der Waals surface area contributed by atoms with Gasteiger partial charge in [0.2, 0.25) is 0 Å². The van der Waals surface area contributed by atoms with Crippen molar-refractivity contribution < 1.29 is 4.74 Å². The molecule has 1 unspecified atom stereocenters. The van der Waals surface area contributed by atoms with Gasteiger partial charge in [0.05, 0.1) is 17.8 Å². The third kappa shape index (κ3) is 3.03. The Bertz CT molecular complexity index is 323. The number of hydrogen-bond donors (Lipinski definition) is 1. The van der Waals surface area contributed by atoms with Crippen LogP contribution in [0.2, 0.25) is 0 Å². The molecule has 4 heteroatoms. The van der Waals surface area contributed by atoms with Gasteiger partial charge in [-0.2, -0.15) is 0 Å². The number of rotatable bonds is 4. The van der Waals surface area contributed by atoms with Crippen molar-refractivity contribution in [2.75, 3.05) is 26.7 Å². The quantitative estimate of drug-likeness (QED) is 0.852. The second-order valence-corrected chi connectivity index (χ2v) is 4.48. The van der Waals surface area contributed by atoms with Crippen molar-refractivity contribution in [1.82, 2.24) is 9.88 Å². The molecule has 1 aromatic rings. The molecule has 0 aliphatic carbocycles. The van der Waals surface area contributed by atoms with Gasteiger partial charge >= 0.3 is 0 Å². The molecule has 1 aliphatic heterocycles. The molecule has 0 bridgehead atoms. The smallest absolute Gasteiger partial charge is 0.0644 e. The zero-order chi connectivity index (χ0) is 12.1. The molecule has 0 aromatic carbocycles. The van der Waals surface area contributed by atoms with E-state index < -0.39 is 0 Å². The van der Waals surface area contributed by atoms with E-state index in [0.29, 0.717) is 12.6 Å². The van der Waals surface area contributed by atoms with Gasteiger partial charge in [0.15, 0.2) is 0 Å². The van der Waals surface area contributed by atoms with Gasteiger partial charge in [0, 0.05) is 32.9 Å². The summed E-state index contributed by atoms with van der Waals surface area (Å²) in [6, 6.07) is 6.26. The highest BCUT2D eigenvalue weighted by Crippen LogP contribution is 2.23. The van der Waals surface area contributed by atoms with Crippen LogP contribution in [0.3, 0.4) is 0 Å². The molecule has 0 spiro atoms. The molecule has 1 aromatic heterocycles. The number of nitrogens with two attached hydrogens (primary N) is 1. The molecule has 2 heterocycles. The van der Waals surface area contributed by atoms with Crippen molar-refractivity contribution in [2.45, 2.75) is 25.0 Å². The first kappa shape index (κ1) is 12.5. The van der Waals surface area contributed by atoms with Crippen LogP contribution in [-0.4, -0.2) is 42.7 Å². The first-order chi connectivity index (χ1) is 8.35. The second kappa shape index (κ2) is 6.10. The topological polar surface area (TPSA) is 51.4 Å². The number of pyridine rings is 1. The summed E-state index contributed by atoms with van der Waals surface area (Å²) in [4.78, 5) is 6.83. The number of likely N-dealkylation sites (tertiary alicyclic amines) is 1.